The van der Waals surface area contributed by atoms with Crippen molar-refractivity contribution in [3.63, 3.8) is 0 Å². The fourth-order valence-electron chi connectivity index (χ4n) is 2.89. The van der Waals surface area contributed by atoms with Gasteiger partial charge in [0.25, 0.3) is 0 Å². The van der Waals surface area contributed by atoms with Crippen LogP contribution in [0.25, 0.3) is 22.3 Å². The molecule has 0 spiro atoms. The Morgan fingerprint density at radius 3 is 2.20 bits per heavy atom. The molecule has 0 aromatic heterocycles. The number of hydrogen-bond acceptors (Lipinski definition) is 3. The third-order valence-corrected chi connectivity index (χ3v) is 4.54. The van der Waals surface area contributed by atoms with Gasteiger partial charge in [-0.25, -0.2) is 0 Å². The van der Waals surface area contributed by atoms with Crippen LogP contribution in [0.2, 0.25) is 0 Å². The van der Waals surface area contributed by atoms with Gasteiger partial charge in [0.15, 0.2) is 0 Å². The standard InChI is InChI=1S/C22H22N2O/c1-14-12-18(10-11-21(14)23)20-9-5-8-19(22(20)25)17-7-4-6-16(13-17)15(2)24-3/h4-13,25H,23H2,1-3H3/b24-15+. The number of hydrogen-bond donors (Lipinski definition) is 2. The van der Waals surface area contributed by atoms with Crippen molar-refractivity contribution in [3.05, 3.63) is 71.8 Å². The Kier molecular flexibility index (Phi) is 4.57. The molecule has 0 atom stereocenters. The number of phenols is 1. The minimum absolute atomic E-state index is 0.273. The number of nitrogens with zero attached hydrogens (tertiary/aromatic N) is 1. The fraction of sp³-hybridized carbons (Fsp3) is 0.136. The molecule has 0 radical (unpaired) electrons. The third kappa shape index (κ3) is 3.26. The molecule has 0 heterocycles. The minimum Gasteiger partial charge on any atom is -0.507 e. The minimum atomic E-state index is 0.273. The molecule has 0 bridgehead atoms. The Morgan fingerprint density at radius 1 is 0.920 bits per heavy atom. The van der Waals surface area contributed by atoms with Crippen molar-refractivity contribution in [2.75, 3.05) is 12.8 Å². The van der Waals surface area contributed by atoms with Crippen LogP contribution < -0.4 is 5.73 Å². The van der Waals surface area contributed by atoms with Crippen molar-refractivity contribution in [1.29, 1.82) is 0 Å². The number of rotatable bonds is 3. The maximum absolute atomic E-state index is 10.9. The van der Waals surface area contributed by atoms with E-state index in [1.165, 1.54) is 0 Å². The quantitative estimate of drug-likeness (QED) is 0.521. The van der Waals surface area contributed by atoms with E-state index in [2.05, 4.69) is 11.1 Å². The summed E-state index contributed by atoms with van der Waals surface area (Å²) in [5.74, 6) is 0.273. The summed E-state index contributed by atoms with van der Waals surface area (Å²) in [4.78, 5) is 4.24. The first kappa shape index (κ1) is 16.8. The molecule has 0 aliphatic carbocycles. The van der Waals surface area contributed by atoms with E-state index in [0.29, 0.717) is 0 Å². The highest BCUT2D eigenvalue weighted by atomic mass is 16.3. The van der Waals surface area contributed by atoms with E-state index in [1.807, 2.05) is 68.4 Å². The fourth-order valence-corrected chi connectivity index (χ4v) is 2.89. The number of nitrogens with two attached hydrogens (primary N) is 1. The van der Waals surface area contributed by atoms with Crippen molar-refractivity contribution in [2.24, 2.45) is 4.99 Å². The number of aryl methyl sites for hydroxylation is 1. The summed E-state index contributed by atoms with van der Waals surface area (Å²) in [7, 11) is 1.78. The van der Waals surface area contributed by atoms with Gasteiger partial charge in [-0.2, -0.15) is 0 Å². The van der Waals surface area contributed by atoms with E-state index in [9.17, 15) is 5.11 Å². The lowest BCUT2D eigenvalue weighted by Crippen LogP contribution is -1.94. The largest absolute Gasteiger partial charge is 0.507 e. The highest BCUT2D eigenvalue weighted by molar-refractivity contribution is 6.00. The van der Waals surface area contributed by atoms with Crippen molar-refractivity contribution in [3.8, 4) is 28.0 Å². The topological polar surface area (TPSA) is 58.6 Å². The number of anilines is 1. The summed E-state index contributed by atoms with van der Waals surface area (Å²) in [6, 6.07) is 19.7. The van der Waals surface area contributed by atoms with Crippen molar-refractivity contribution >= 4 is 11.4 Å². The van der Waals surface area contributed by atoms with Gasteiger partial charge in [0.1, 0.15) is 5.75 Å². The molecule has 0 saturated heterocycles. The molecule has 25 heavy (non-hydrogen) atoms. The maximum Gasteiger partial charge on any atom is 0.131 e. The Bertz CT molecular complexity index is 958. The van der Waals surface area contributed by atoms with E-state index in [1.54, 1.807) is 7.05 Å². The molecular weight excluding hydrogens is 308 g/mol. The SMILES string of the molecule is C/N=C(\C)c1cccc(-c2cccc(-c3ccc(N)c(C)c3)c2O)c1. The normalized spacial score (nSPS) is 11.6. The lowest BCUT2D eigenvalue weighted by molar-refractivity contribution is 0.479. The lowest BCUT2D eigenvalue weighted by atomic mass is 9.95. The number of aliphatic imine (C=N–C) groups is 1. The van der Waals surface area contributed by atoms with Crippen molar-refractivity contribution < 1.29 is 5.11 Å². The zero-order chi connectivity index (χ0) is 18.0. The predicted octanol–water partition coefficient (Wildman–Crippen LogP) is 5.06. The monoisotopic (exact) mass is 330 g/mol. The molecule has 0 amide bonds. The number of benzene rings is 3. The Labute approximate surface area is 148 Å². The second-order valence-corrected chi connectivity index (χ2v) is 6.16. The summed E-state index contributed by atoms with van der Waals surface area (Å²) in [6.07, 6.45) is 0. The van der Waals surface area contributed by atoms with Crippen LogP contribution >= 0.6 is 0 Å². The van der Waals surface area contributed by atoms with Crippen LogP contribution in [0, 0.1) is 6.92 Å². The van der Waals surface area contributed by atoms with Crippen LogP contribution in [-0.2, 0) is 0 Å². The van der Waals surface area contributed by atoms with Crippen LogP contribution in [0.1, 0.15) is 18.1 Å². The van der Waals surface area contributed by atoms with Crippen molar-refractivity contribution in [1.82, 2.24) is 0 Å². The smallest absolute Gasteiger partial charge is 0.131 e. The van der Waals surface area contributed by atoms with Gasteiger partial charge in [-0.15, -0.1) is 0 Å². The van der Waals surface area contributed by atoms with Gasteiger partial charge in [-0.1, -0.05) is 42.5 Å². The number of nitrogen functional groups attached to an aromatic ring is 1. The van der Waals surface area contributed by atoms with E-state index in [4.69, 9.17) is 5.73 Å². The Balaban J connectivity index is 2.12. The van der Waals surface area contributed by atoms with E-state index >= 15 is 0 Å². The average molecular weight is 330 g/mol. The van der Waals surface area contributed by atoms with Gasteiger partial charge in [0.2, 0.25) is 0 Å². The maximum atomic E-state index is 10.9. The van der Waals surface area contributed by atoms with Gasteiger partial charge in [-0.3, -0.25) is 4.99 Å². The second kappa shape index (κ2) is 6.81. The molecule has 3 rings (SSSR count). The highest BCUT2D eigenvalue weighted by Gasteiger charge is 2.12. The first-order valence-corrected chi connectivity index (χ1v) is 8.24. The molecule has 126 valence electrons. The van der Waals surface area contributed by atoms with Gasteiger partial charge >= 0.3 is 0 Å². The van der Waals surface area contributed by atoms with Gasteiger partial charge in [-0.05, 0) is 54.3 Å². The number of aromatic hydroxyl groups is 1. The Hall–Kier alpha value is -3.07. The molecule has 0 aliphatic heterocycles. The van der Waals surface area contributed by atoms with E-state index in [-0.39, 0.29) is 5.75 Å². The predicted molar refractivity (Wildman–Crippen MR) is 106 cm³/mol. The molecule has 0 saturated carbocycles. The number of phenolic OH excluding ortho intramolecular Hbond substituents is 1. The average Bonchev–Trinajstić information content (AvgIpc) is 2.63. The summed E-state index contributed by atoms with van der Waals surface area (Å²) in [6.45, 7) is 3.95. The van der Waals surface area contributed by atoms with Crippen LogP contribution in [0.5, 0.6) is 5.75 Å². The van der Waals surface area contributed by atoms with Crippen LogP contribution in [0.3, 0.4) is 0 Å². The molecule has 3 heteroatoms. The van der Waals surface area contributed by atoms with Crippen LogP contribution in [-0.4, -0.2) is 17.9 Å². The molecule has 3 N–H and O–H groups in total. The van der Waals surface area contributed by atoms with Crippen molar-refractivity contribution in [2.45, 2.75) is 13.8 Å². The van der Waals surface area contributed by atoms with Crippen LogP contribution in [0.4, 0.5) is 5.69 Å². The molecule has 0 unspecified atom stereocenters. The highest BCUT2D eigenvalue weighted by Crippen LogP contribution is 2.38. The third-order valence-electron chi connectivity index (χ3n) is 4.54. The summed E-state index contributed by atoms with van der Waals surface area (Å²) in [5.41, 5.74) is 13.2. The molecule has 0 fully saturated rings. The summed E-state index contributed by atoms with van der Waals surface area (Å²) in [5, 5.41) is 10.9. The van der Waals surface area contributed by atoms with E-state index in [0.717, 1.165) is 44.8 Å². The first-order valence-electron chi connectivity index (χ1n) is 8.24. The Morgan fingerprint density at radius 2 is 1.56 bits per heavy atom. The molecule has 0 aliphatic rings. The molecular formula is C22H22N2O. The van der Waals surface area contributed by atoms with Gasteiger partial charge in [0.05, 0.1) is 0 Å². The van der Waals surface area contributed by atoms with Gasteiger partial charge < -0.3 is 10.8 Å². The number of para-hydroxylation sites is 1. The summed E-state index contributed by atoms with van der Waals surface area (Å²) >= 11 is 0. The summed E-state index contributed by atoms with van der Waals surface area (Å²) < 4.78 is 0. The zero-order valence-corrected chi connectivity index (χ0v) is 14.7. The lowest BCUT2D eigenvalue weighted by Gasteiger charge is -2.12. The second-order valence-electron chi connectivity index (χ2n) is 6.16. The van der Waals surface area contributed by atoms with E-state index < -0.39 is 0 Å². The first-order chi connectivity index (χ1) is 12.0. The molecule has 3 aromatic carbocycles. The molecule has 3 aromatic rings. The van der Waals surface area contributed by atoms with Crippen LogP contribution in [0.15, 0.2) is 65.7 Å². The molecule has 3 nitrogen and oxygen atoms in total. The van der Waals surface area contributed by atoms with Gasteiger partial charge in [0, 0.05) is 29.6 Å². The zero-order valence-electron chi connectivity index (χ0n) is 14.7.